The smallest absolute Gasteiger partial charge is 0.352 e. The molecule has 0 bridgehead atoms. The molecule has 3 heterocycles. The Bertz CT molecular complexity index is 602. The van der Waals surface area contributed by atoms with Gasteiger partial charge in [0.2, 0.25) is 0 Å². The van der Waals surface area contributed by atoms with Gasteiger partial charge < -0.3 is 5.11 Å². The minimum atomic E-state index is -0.953. The third kappa shape index (κ3) is 2.31. The Balaban J connectivity index is 1.96. The lowest BCUT2D eigenvalue weighted by molar-refractivity contribution is 0.0688. The van der Waals surface area contributed by atoms with Crippen molar-refractivity contribution in [1.29, 1.82) is 0 Å². The Morgan fingerprint density at radius 2 is 2.00 bits per heavy atom. The van der Waals surface area contributed by atoms with Gasteiger partial charge in [0.1, 0.15) is 5.69 Å². The number of rotatable bonds is 3. The van der Waals surface area contributed by atoms with E-state index >= 15 is 0 Å². The molecular weight excluding hydrogens is 244 g/mol. The van der Waals surface area contributed by atoms with E-state index in [-0.39, 0.29) is 5.69 Å². The molecule has 0 aromatic carbocycles. The lowest BCUT2D eigenvalue weighted by atomic mass is 10.1. The van der Waals surface area contributed by atoms with Crippen molar-refractivity contribution < 1.29 is 9.90 Å². The number of aromatic nitrogens is 3. The number of carboxylic acid groups (broad SMARTS) is 1. The van der Waals surface area contributed by atoms with Gasteiger partial charge >= 0.3 is 5.97 Å². The summed E-state index contributed by atoms with van der Waals surface area (Å²) in [5.41, 5.74) is 0.807. The maximum Gasteiger partial charge on any atom is 0.352 e. The number of pyridine rings is 1. The lowest BCUT2D eigenvalue weighted by Crippen LogP contribution is -2.30. The van der Waals surface area contributed by atoms with Gasteiger partial charge in [-0.25, -0.2) is 4.79 Å². The van der Waals surface area contributed by atoms with Crippen molar-refractivity contribution in [3.8, 4) is 0 Å². The summed E-state index contributed by atoms with van der Waals surface area (Å²) in [5.74, 6) is -0.250. The van der Waals surface area contributed by atoms with E-state index in [1.807, 2.05) is 0 Å². The van der Waals surface area contributed by atoms with Crippen molar-refractivity contribution in [2.75, 3.05) is 13.1 Å². The van der Waals surface area contributed by atoms with E-state index < -0.39 is 5.97 Å². The topological polar surface area (TPSA) is 70.7 Å². The van der Waals surface area contributed by atoms with E-state index in [4.69, 9.17) is 0 Å². The second-order valence-corrected chi connectivity index (χ2v) is 4.86. The van der Waals surface area contributed by atoms with Gasteiger partial charge in [0.15, 0.2) is 11.5 Å². The molecule has 2 aromatic rings. The van der Waals surface area contributed by atoms with E-state index in [1.165, 1.54) is 19.3 Å². The molecule has 0 aliphatic carbocycles. The van der Waals surface area contributed by atoms with Crippen LogP contribution in [0, 0.1) is 0 Å². The number of hydrogen-bond acceptors (Lipinski definition) is 4. The zero-order chi connectivity index (χ0) is 13.2. The highest BCUT2D eigenvalue weighted by Gasteiger charge is 2.17. The van der Waals surface area contributed by atoms with Crippen LogP contribution in [-0.2, 0) is 6.54 Å². The van der Waals surface area contributed by atoms with Crippen LogP contribution in [0.2, 0.25) is 0 Å². The van der Waals surface area contributed by atoms with Crippen LogP contribution < -0.4 is 0 Å². The molecule has 1 aliphatic heterocycles. The van der Waals surface area contributed by atoms with Crippen LogP contribution in [0.15, 0.2) is 18.2 Å². The molecule has 1 fully saturated rings. The number of fused-ring (bicyclic) bond motifs is 1. The number of nitrogens with zero attached hydrogens (tertiary/aromatic N) is 4. The Kier molecular flexibility index (Phi) is 3.16. The van der Waals surface area contributed by atoms with Crippen LogP contribution in [0.4, 0.5) is 0 Å². The molecule has 1 aliphatic rings. The predicted molar refractivity (Wildman–Crippen MR) is 69.1 cm³/mol. The second kappa shape index (κ2) is 4.97. The molecular formula is C13H16N4O2. The van der Waals surface area contributed by atoms with Gasteiger partial charge in [0.05, 0.1) is 6.54 Å². The zero-order valence-corrected chi connectivity index (χ0v) is 10.6. The SMILES string of the molecule is O=C(O)c1cccc2nnc(CN3CCCCC3)n12. The minimum absolute atomic E-state index is 0.217. The highest BCUT2D eigenvalue weighted by molar-refractivity contribution is 5.86. The molecule has 6 nitrogen and oxygen atoms in total. The van der Waals surface area contributed by atoms with Gasteiger partial charge in [-0.1, -0.05) is 12.5 Å². The third-order valence-corrected chi connectivity index (χ3v) is 3.53. The van der Waals surface area contributed by atoms with Crippen LogP contribution >= 0.6 is 0 Å². The molecule has 0 saturated carbocycles. The van der Waals surface area contributed by atoms with Crippen LogP contribution in [0.25, 0.3) is 5.65 Å². The Hall–Kier alpha value is -1.95. The number of carboxylic acids is 1. The van der Waals surface area contributed by atoms with Gasteiger partial charge in [-0.3, -0.25) is 9.30 Å². The largest absolute Gasteiger partial charge is 0.477 e. The van der Waals surface area contributed by atoms with Crippen molar-refractivity contribution >= 4 is 11.6 Å². The summed E-state index contributed by atoms with van der Waals surface area (Å²) in [6, 6.07) is 5.05. The van der Waals surface area contributed by atoms with Gasteiger partial charge in [-0.15, -0.1) is 10.2 Å². The number of hydrogen-bond donors (Lipinski definition) is 1. The Morgan fingerprint density at radius 1 is 1.21 bits per heavy atom. The molecule has 0 atom stereocenters. The van der Waals surface area contributed by atoms with Gasteiger partial charge in [0, 0.05) is 0 Å². The average molecular weight is 260 g/mol. The summed E-state index contributed by atoms with van der Waals surface area (Å²) in [6.07, 6.45) is 3.67. The van der Waals surface area contributed by atoms with Crippen LogP contribution in [-0.4, -0.2) is 43.7 Å². The highest BCUT2D eigenvalue weighted by Crippen LogP contribution is 2.14. The maximum absolute atomic E-state index is 11.3. The van der Waals surface area contributed by atoms with Crippen LogP contribution in [0.1, 0.15) is 35.6 Å². The molecule has 0 spiro atoms. The quantitative estimate of drug-likeness (QED) is 0.903. The Morgan fingerprint density at radius 3 is 2.74 bits per heavy atom. The summed E-state index contributed by atoms with van der Waals surface area (Å²) < 4.78 is 1.64. The first-order chi connectivity index (χ1) is 9.25. The molecule has 0 unspecified atom stereocenters. The number of likely N-dealkylation sites (tertiary alicyclic amines) is 1. The van der Waals surface area contributed by atoms with E-state index in [1.54, 1.807) is 22.6 Å². The standard InChI is InChI=1S/C13H16N4O2/c18-13(19)10-5-4-6-11-14-15-12(17(10)11)9-16-7-2-1-3-8-16/h4-6H,1-3,7-9H2,(H,18,19). The molecule has 2 aromatic heterocycles. The fraction of sp³-hybridized carbons (Fsp3) is 0.462. The summed E-state index contributed by atoms with van der Waals surface area (Å²) >= 11 is 0. The van der Waals surface area contributed by atoms with Crippen LogP contribution in [0.5, 0.6) is 0 Å². The maximum atomic E-state index is 11.3. The van der Waals surface area contributed by atoms with Crippen LogP contribution in [0.3, 0.4) is 0 Å². The van der Waals surface area contributed by atoms with E-state index in [0.717, 1.165) is 13.1 Å². The van der Waals surface area contributed by atoms with E-state index in [0.29, 0.717) is 18.0 Å². The van der Waals surface area contributed by atoms with E-state index in [9.17, 15) is 9.90 Å². The fourth-order valence-corrected chi connectivity index (χ4v) is 2.59. The monoisotopic (exact) mass is 260 g/mol. The first kappa shape index (κ1) is 12.1. The fourth-order valence-electron chi connectivity index (χ4n) is 2.59. The molecule has 1 N–H and O–H groups in total. The zero-order valence-electron chi connectivity index (χ0n) is 10.6. The summed E-state index contributed by atoms with van der Waals surface area (Å²) in [5, 5.41) is 17.4. The van der Waals surface area contributed by atoms with Crippen molar-refractivity contribution in [2.45, 2.75) is 25.8 Å². The Labute approximate surface area is 110 Å². The summed E-state index contributed by atoms with van der Waals surface area (Å²) in [6.45, 7) is 2.75. The minimum Gasteiger partial charge on any atom is -0.477 e. The normalized spacial score (nSPS) is 16.8. The first-order valence-corrected chi connectivity index (χ1v) is 6.54. The van der Waals surface area contributed by atoms with Crippen molar-refractivity contribution in [3.63, 3.8) is 0 Å². The third-order valence-electron chi connectivity index (χ3n) is 3.53. The number of carbonyl (C=O) groups is 1. The lowest BCUT2D eigenvalue weighted by Gasteiger charge is -2.25. The van der Waals surface area contributed by atoms with E-state index in [2.05, 4.69) is 15.1 Å². The van der Waals surface area contributed by atoms with Gasteiger partial charge in [-0.2, -0.15) is 0 Å². The number of aromatic carboxylic acids is 1. The van der Waals surface area contributed by atoms with Crippen molar-refractivity contribution in [3.05, 3.63) is 29.7 Å². The molecule has 19 heavy (non-hydrogen) atoms. The summed E-state index contributed by atoms with van der Waals surface area (Å²) in [4.78, 5) is 13.6. The highest BCUT2D eigenvalue weighted by atomic mass is 16.4. The predicted octanol–water partition coefficient (Wildman–Crippen LogP) is 1.41. The summed E-state index contributed by atoms with van der Waals surface area (Å²) in [7, 11) is 0. The average Bonchev–Trinajstić information content (AvgIpc) is 2.83. The molecule has 0 radical (unpaired) electrons. The molecule has 6 heteroatoms. The molecule has 3 rings (SSSR count). The first-order valence-electron chi connectivity index (χ1n) is 6.54. The molecule has 1 saturated heterocycles. The van der Waals surface area contributed by atoms with Gasteiger partial charge in [0.25, 0.3) is 0 Å². The second-order valence-electron chi connectivity index (χ2n) is 4.86. The number of piperidine rings is 1. The molecule has 0 amide bonds. The van der Waals surface area contributed by atoms with Gasteiger partial charge in [-0.05, 0) is 38.1 Å². The van der Waals surface area contributed by atoms with Crippen molar-refractivity contribution in [2.24, 2.45) is 0 Å². The molecule has 100 valence electrons. The van der Waals surface area contributed by atoms with Crippen molar-refractivity contribution in [1.82, 2.24) is 19.5 Å².